The Morgan fingerprint density at radius 2 is 1.71 bits per heavy atom. The number of azo groups is 1. The maximum absolute atomic E-state index is 12.4. The van der Waals surface area contributed by atoms with Crippen molar-refractivity contribution in [1.29, 1.82) is 0 Å². The lowest BCUT2D eigenvalue weighted by Crippen LogP contribution is -2.25. The van der Waals surface area contributed by atoms with E-state index >= 15 is 0 Å². The molecule has 0 aromatic heterocycles. The minimum absolute atomic E-state index is 0.0217. The highest BCUT2D eigenvalue weighted by Gasteiger charge is 2.28. The molecular formula is C18H18N4O4S2. The summed E-state index contributed by atoms with van der Waals surface area (Å²) in [6.45, 7) is 0.150. The van der Waals surface area contributed by atoms with Gasteiger partial charge in [-0.15, -0.1) is 5.11 Å². The van der Waals surface area contributed by atoms with Crippen LogP contribution in [-0.2, 0) is 19.9 Å². The molecule has 1 aliphatic carbocycles. The third-order valence-electron chi connectivity index (χ3n) is 4.47. The van der Waals surface area contributed by atoms with Crippen LogP contribution in [0.5, 0.6) is 0 Å². The van der Waals surface area contributed by atoms with Gasteiger partial charge in [0, 0.05) is 17.9 Å². The number of benzene rings is 2. The van der Waals surface area contributed by atoms with Gasteiger partial charge in [-0.25, -0.2) is 26.6 Å². The molecular weight excluding hydrogens is 400 g/mol. The smallest absolute Gasteiger partial charge is 0.239 e. The fraction of sp³-hybridized carbons (Fsp3) is 0.278. The minimum atomic E-state index is -3.56. The van der Waals surface area contributed by atoms with E-state index in [1.165, 1.54) is 18.2 Å². The van der Waals surface area contributed by atoms with Gasteiger partial charge in [-0.05, 0) is 42.2 Å². The number of amidine groups is 1. The van der Waals surface area contributed by atoms with Crippen molar-refractivity contribution in [2.75, 3.05) is 12.9 Å². The van der Waals surface area contributed by atoms with Crippen molar-refractivity contribution in [1.82, 2.24) is 4.72 Å². The Hall–Kier alpha value is -2.43. The fourth-order valence-corrected chi connectivity index (χ4v) is 5.17. The van der Waals surface area contributed by atoms with E-state index in [1.807, 2.05) is 0 Å². The average molecular weight is 419 g/mol. The van der Waals surface area contributed by atoms with Gasteiger partial charge >= 0.3 is 0 Å². The minimum Gasteiger partial charge on any atom is -0.239 e. The first-order chi connectivity index (χ1) is 13.3. The number of hydrogen-bond donors (Lipinski definition) is 1. The van der Waals surface area contributed by atoms with Crippen molar-refractivity contribution < 1.29 is 16.8 Å². The van der Waals surface area contributed by atoms with Crippen molar-refractivity contribution in [2.24, 2.45) is 15.2 Å². The lowest BCUT2D eigenvalue weighted by molar-refractivity contribution is 0.581. The summed E-state index contributed by atoms with van der Waals surface area (Å²) in [7, 11) is -7.08. The van der Waals surface area contributed by atoms with Crippen LogP contribution in [-0.4, -0.2) is 41.6 Å². The third-order valence-corrected chi connectivity index (χ3v) is 7.15. The highest BCUT2D eigenvalue weighted by molar-refractivity contribution is 7.90. The zero-order valence-electron chi connectivity index (χ0n) is 15.0. The molecule has 0 saturated heterocycles. The van der Waals surface area contributed by atoms with Crippen molar-refractivity contribution >= 4 is 25.7 Å². The van der Waals surface area contributed by atoms with Crippen LogP contribution in [0.4, 0.5) is 0 Å². The zero-order valence-corrected chi connectivity index (χ0v) is 16.7. The molecule has 1 N–H and O–H groups in total. The van der Waals surface area contributed by atoms with Crippen LogP contribution < -0.4 is 4.72 Å². The van der Waals surface area contributed by atoms with Crippen molar-refractivity contribution in [2.45, 2.75) is 28.7 Å². The Morgan fingerprint density at radius 3 is 2.29 bits per heavy atom. The van der Waals surface area contributed by atoms with Crippen LogP contribution >= 0.6 is 0 Å². The van der Waals surface area contributed by atoms with Gasteiger partial charge < -0.3 is 0 Å². The van der Waals surface area contributed by atoms with E-state index in [9.17, 15) is 16.8 Å². The van der Waals surface area contributed by atoms with Gasteiger partial charge in [0.05, 0.1) is 9.79 Å². The molecule has 0 bridgehead atoms. The molecule has 10 heteroatoms. The van der Waals surface area contributed by atoms with Crippen LogP contribution in [0.1, 0.15) is 18.4 Å². The topological polar surface area (TPSA) is 117 Å². The molecule has 28 heavy (non-hydrogen) atoms. The maximum Gasteiger partial charge on any atom is 0.240 e. The highest BCUT2D eigenvalue weighted by Crippen LogP contribution is 2.32. The molecule has 2 aromatic carbocycles. The first kappa shape index (κ1) is 18.9. The summed E-state index contributed by atoms with van der Waals surface area (Å²) in [4.78, 5) is 4.45. The van der Waals surface area contributed by atoms with Crippen molar-refractivity contribution in [3.63, 3.8) is 0 Å². The van der Waals surface area contributed by atoms with Crippen LogP contribution in [0.3, 0.4) is 0 Å². The number of rotatable bonds is 6. The Kier molecular flexibility index (Phi) is 4.64. The summed E-state index contributed by atoms with van der Waals surface area (Å²) in [5.74, 6) is 0.253. The van der Waals surface area contributed by atoms with Gasteiger partial charge in [0.25, 0.3) is 0 Å². The summed E-state index contributed by atoms with van der Waals surface area (Å²) < 4.78 is 51.9. The van der Waals surface area contributed by atoms with Crippen molar-refractivity contribution in [3.8, 4) is 11.1 Å². The van der Waals surface area contributed by atoms with E-state index < -0.39 is 19.9 Å². The second-order valence-electron chi connectivity index (χ2n) is 6.74. The predicted octanol–water partition coefficient (Wildman–Crippen LogP) is 2.37. The van der Waals surface area contributed by atoms with Gasteiger partial charge in [-0.2, -0.15) is 5.11 Å². The first-order valence-electron chi connectivity index (χ1n) is 8.64. The molecule has 1 saturated carbocycles. The summed E-state index contributed by atoms with van der Waals surface area (Å²) in [6.07, 6.45) is 2.84. The van der Waals surface area contributed by atoms with E-state index in [4.69, 9.17) is 0 Å². The normalized spacial score (nSPS) is 17.0. The second-order valence-corrected chi connectivity index (χ2v) is 10.4. The van der Waals surface area contributed by atoms with E-state index in [-0.39, 0.29) is 28.3 Å². The Balaban J connectivity index is 1.80. The molecule has 1 fully saturated rings. The molecule has 1 heterocycles. The van der Waals surface area contributed by atoms with Crippen LogP contribution in [0.25, 0.3) is 11.1 Å². The van der Waals surface area contributed by atoms with Gasteiger partial charge in [-0.1, -0.05) is 24.3 Å². The molecule has 2 aliphatic rings. The van der Waals surface area contributed by atoms with Gasteiger partial charge in [-0.3, -0.25) is 0 Å². The predicted molar refractivity (Wildman–Crippen MR) is 105 cm³/mol. The molecule has 4 rings (SSSR count). The molecule has 0 atom stereocenters. The zero-order chi connectivity index (χ0) is 19.9. The van der Waals surface area contributed by atoms with E-state index in [2.05, 4.69) is 19.9 Å². The summed E-state index contributed by atoms with van der Waals surface area (Å²) >= 11 is 0. The summed E-state index contributed by atoms with van der Waals surface area (Å²) in [5, 5.41) is 7.79. The molecule has 0 amide bonds. The number of nitrogens with zero attached hydrogens (tertiary/aromatic N) is 3. The monoisotopic (exact) mass is 418 g/mol. The van der Waals surface area contributed by atoms with Crippen molar-refractivity contribution in [3.05, 3.63) is 48.0 Å². The van der Waals surface area contributed by atoms with Gasteiger partial charge in [0.2, 0.25) is 10.0 Å². The molecule has 8 nitrogen and oxygen atoms in total. The van der Waals surface area contributed by atoms with Crippen LogP contribution in [0, 0.1) is 0 Å². The summed E-state index contributed by atoms with van der Waals surface area (Å²) in [6, 6.07) is 11.2. The number of sulfone groups is 1. The number of sulfonamides is 1. The molecule has 0 radical (unpaired) electrons. The summed E-state index contributed by atoms with van der Waals surface area (Å²) in [5.41, 5.74) is 1.63. The highest BCUT2D eigenvalue weighted by atomic mass is 32.2. The Labute approximate surface area is 163 Å². The fourth-order valence-electron chi connectivity index (χ4n) is 2.97. The maximum atomic E-state index is 12.4. The van der Waals surface area contributed by atoms with Crippen LogP contribution in [0.15, 0.2) is 67.5 Å². The number of nitrogens with one attached hydrogen (secondary N) is 1. The number of aliphatic imine (C=N–C) groups is 1. The Bertz CT molecular complexity index is 1200. The molecule has 1 aliphatic heterocycles. The molecule has 0 spiro atoms. The number of hydrogen-bond acceptors (Lipinski definition) is 7. The standard InChI is InChI=1S/C18H18N4O4S2/c1-27(23,24)16-4-2-3-15(17(16)18-19-11-20-21-18)12-5-9-14(10-6-12)28(25,26)22-13-7-8-13/h2-6,9-10,13,22H,7-8,11H2,1H3. The molecule has 146 valence electrons. The van der Waals surface area contributed by atoms with Crippen LogP contribution in [0.2, 0.25) is 0 Å². The second kappa shape index (κ2) is 6.87. The van der Waals surface area contributed by atoms with Gasteiger partial charge in [0.1, 0.15) is 0 Å². The average Bonchev–Trinajstić information content (AvgIpc) is 3.28. The third kappa shape index (κ3) is 3.75. The molecule has 2 aromatic rings. The van der Waals surface area contributed by atoms with E-state index in [1.54, 1.807) is 24.3 Å². The quantitative estimate of drug-likeness (QED) is 0.775. The van der Waals surface area contributed by atoms with E-state index in [0.29, 0.717) is 16.7 Å². The first-order valence-corrected chi connectivity index (χ1v) is 12.0. The largest absolute Gasteiger partial charge is 0.240 e. The van der Waals surface area contributed by atoms with Gasteiger partial charge in [0.15, 0.2) is 22.3 Å². The Morgan fingerprint density at radius 1 is 1.00 bits per heavy atom. The van der Waals surface area contributed by atoms with E-state index in [0.717, 1.165) is 19.1 Å². The lowest BCUT2D eigenvalue weighted by atomic mass is 9.99. The lowest BCUT2D eigenvalue weighted by Gasteiger charge is -2.13. The SMILES string of the molecule is CS(=O)(=O)c1cccc(-c2ccc(S(=O)(=O)NC3CC3)cc2)c1C1=NCN=N1. The molecule has 0 unspecified atom stereocenters.